The van der Waals surface area contributed by atoms with Crippen LogP contribution in [0.15, 0.2) is 0 Å². The Bertz CT molecular complexity index is 207. The number of carbonyl (C=O) groups is 1. The molecular weight excluding hydrogens is 316 g/mol. The first-order valence-corrected chi connectivity index (χ1v) is 9.65. The molecule has 0 aromatic heterocycles. The van der Waals surface area contributed by atoms with E-state index in [1.165, 1.54) is 70.6 Å². The van der Waals surface area contributed by atoms with Crippen LogP contribution in [0.2, 0.25) is 0 Å². The van der Waals surface area contributed by atoms with Gasteiger partial charge >= 0.3 is 5.97 Å². The van der Waals surface area contributed by atoms with Crippen molar-refractivity contribution in [1.82, 2.24) is 0 Å². The summed E-state index contributed by atoms with van der Waals surface area (Å²) in [4.78, 5) is 11.1. The van der Waals surface area contributed by atoms with Gasteiger partial charge in [0.25, 0.3) is 0 Å². The zero-order chi connectivity index (χ0) is 14.9. The lowest BCUT2D eigenvalue weighted by Gasteiger charge is -2.03. The number of alkyl halides is 1. The van der Waals surface area contributed by atoms with Crippen molar-refractivity contribution in [3.63, 3.8) is 0 Å². The number of carbonyl (C=O) groups excluding carboxylic acids is 1. The highest BCUT2D eigenvalue weighted by Gasteiger charge is 2.00. The van der Waals surface area contributed by atoms with Crippen LogP contribution in [-0.4, -0.2) is 17.9 Å². The Kier molecular flexibility index (Phi) is 17.0. The monoisotopic (exact) mass is 348 g/mol. The largest absolute Gasteiger partial charge is 0.466 e. The predicted octanol–water partition coefficient (Wildman–Crippen LogP) is 6.02. The van der Waals surface area contributed by atoms with Crippen molar-refractivity contribution >= 4 is 21.9 Å². The van der Waals surface area contributed by atoms with Crippen LogP contribution in [0.1, 0.15) is 90.4 Å². The topological polar surface area (TPSA) is 26.3 Å². The van der Waals surface area contributed by atoms with E-state index in [1.54, 1.807) is 0 Å². The number of hydrogen-bond donors (Lipinski definition) is 0. The van der Waals surface area contributed by atoms with Gasteiger partial charge in [-0.25, -0.2) is 0 Å². The molecule has 0 saturated carbocycles. The first kappa shape index (κ1) is 19.9. The normalized spacial score (nSPS) is 10.7. The summed E-state index contributed by atoms with van der Waals surface area (Å²) in [5.74, 6) is -0.0348. The minimum atomic E-state index is -0.0348. The number of ether oxygens (including phenoxy) is 1. The van der Waals surface area contributed by atoms with Crippen molar-refractivity contribution in [2.75, 3.05) is 11.9 Å². The molecule has 0 bridgehead atoms. The smallest absolute Gasteiger partial charge is 0.305 e. The van der Waals surface area contributed by atoms with E-state index in [4.69, 9.17) is 4.74 Å². The van der Waals surface area contributed by atoms with Gasteiger partial charge in [0.2, 0.25) is 0 Å². The molecule has 0 aliphatic heterocycles. The third kappa shape index (κ3) is 16.0. The lowest BCUT2D eigenvalue weighted by Crippen LogP contribution is -2.03. The van der Waals surface area contributed by atoms with Crippen molar-refractivity contribution in [2.45, 2.75) is 90.4 Å². The zero-order valence-corrected chi connectivity index (χ0v) is 14.9. The van der Waals surface area contributed by atoms with Gasteiger partial charge in [0, 0.05) is 11.8 Å². The fourth-order valence-electron chi connectivity index (χ4n) is 2.36. The van der Waals surface area contributed by atoms with Crippen LogP contribution < -0.4 is 0 Å². The van der Waals surface area contributed by atoms with Gasteiger partial charge in [0.05, 0.1) is 6.61 Å². The molecule has 0 heterocycles. The highest BCUT2D eigenvalue weighted by atomic mass is 79.9. The molecular formula is C17H33BrO2. The second-order valence-electron chi connectivity index (χ2n) is 5.49. The minimum absolute atomic E-state index is 0.0348. The van der Waals surface area contributed by atoms with E-state index in [9.17, 15) is 4.79 Å². The van der Waals surface area contributed by atoms with Crippen LogP contribution in [0.4, 0.5) is 0 Å². The molecule has 0 aromatic rings. The maximum atomic E-state index is 11.1. The maximum Gasteiger partial charge on any atom is 0.305 e. The van der Waals surface area contributed by atoms with Crippen molar-refractivity contribution in [1.29, 1.82) is 0 Å². The van der Waals surface area contributed by atoms with Crippen molar-refractivity contribution in [3.8, 4) is 0 Å². The number of esters is 1. The molecule has 0 radical (unpaired) electrons. The molecule has 0 amide bonds. The predicted molar refractivity (Wildman–Crippen MR) is 90.4 cm³/mol. The molecule has 120 valence electrons. The van der Waals surface area contributed by atoms with Gasteiger partial charge in [0.15, 0.2) is 0 Å². The Labute approximate surface area is 134 Å². The van der Waals surface area contributed by atoms with Gasteiger partial charge in [-0.3, -0.25) is 4.79 Å². The Morgan fingerprint density at radius 1 is 0.750 bits per heavy atom. The summed E-state index contributed by atoms with van der Waals surface area (Å²) >= 11 is 3.47. The maximum absolute atomic E-state index is 11.1. The van der Waals surface area contributed by atoms with E-state index in [1.807, 2.05) is 6.92 Å². The first-order valence-electron chi connectivity index (χ1n) is 8.52. The third-order valence-corrected chi connectivity index (χ3v) is 4.13. The fourth-order valence-corrected chi connectivity index (χ4v) is 2.76. The van der Waals surface area contributed by atoms with Crippen LogP contribution in [0, 0.1) is 0 Å². The highest BCUT2D eigenvalue weighted by molar-refractivity contribution is 9.09. The van der Waals surface area contributed by atoms with Crippen LogP contribution in [0.5, 0.6) is 0 Å². The van der Waals surface area contributed by atoms with Gasteiger partial charge in [-0.15, -0.1) is 0 Å². The highest BCUT2D eigenvalue weighted by Crippen LogP contribution is 2.12. The van der Waals surface area contributed by atoms with E-state index in [0.717, 1.165) is 11.8 Å². The zero-order valence-electron chi connectivity index (χ0n) is 13.3. The lowest BCUT2D eigenvalue weighted by molar-refractivity contribution is -0.143. The average molecular weight is 349 g/mol. The third-order valence-electron chi connectivity index (χ3n) is 3.57. The molecule has 20 heavy (non-hydrogen) atoms. The van der Waals surface area contributed by atoms with E-state index in [2.05, 4.69) is 15.9 Å². The Morgan fingerprint density at radius 3 is 1.55 bits per heavy atom. The van der Waals surface area contributed by atoms with Gasteiger partial charge < -0.3 is 4.74 Å². The molecule has 3 heteroatoms. The van der Waals surface area contributed by atoms with Gasteiger partial charge in [-0.2, -0.15) is 0 Å². The van der Waals surface area contributed by atoms with Crippen molar-refractivity contribution < 1.29 is 9.53 Å². The molecule has 0 aliphatic carbocycles. The average Bonchev–Trinajstić information content (AvgIpc) is 2.44. The Hall–Kier alpha value is -0.0500. The first-order chi connectivity index (χ1) is 9.81. The SMILES string of the molecule is CCOC(=O)CCCCCCCCCCCCCCBr. The van der Waals surface area contributed by atoms with E-state index in [-0.39, 0.29) is 5.97 Å². The second-order valence-corrected chi connectivity index (χ2v) is 6.28. The van der Waals surface area contributed by atoms with E-state index >= 15 is 0 Å². The lowest BCUT2D eigenvalue weighted by atomic mass is 10.0. The summed E-state index contributed by atoms with van der Waals surface area (Å²) < 4.78 is 4.91. The molecule has 0 aromatic carbocycles. The number of hydrogen-bond acceptors (Lipinski definition) is 2. The van der Waals surface area contributed by atoms with Crippen LogP contribution in [0.25, 0.3) is 0 Å². The Morgan fingerprint density at radius 2 is 1.15 bits per heavy atom. The molecule has 0 spiro atoms. The summed E-state index contributed by atoms with van der Waals surface area (Å²) in [5.41, 5.74) is 0. The quantitative estimate of drug-likeness (QED) is 0.205. The summed E-state index contributed by atoms with van der Waals surface area (Å²) in [6, 6.07) is 0. The second kappa shape index (κ2) is 17.0. The molecule has 0 N–H and O–H groups in total. The summed E-state index contributed by atoms with van der Waals surface area (Å²) in [7, 11) is 0. The summed E-state index contributed by atoms with van der Waals surface area (Å²) in [6.07, 6.45) is 16.4. The number of unbranched alkanes of at least 4 members (excludes halogenated alkanes) is 11. The van der Waals surface area contributed by atoms with E-state index < -0.39 is 0 Å². The van der Waals surface area contributed by atoms with Gasteiger partial charge in [-0.1, -0.05) is 80.1 Å². The molecule has 0 saturated heterocycles. The van der Waals surface area contributed by atoms with Crippen LogP contribution >= 0.6 is 15.9 Å². The molecule has 0 atom stereocenters. The van der Waals surface area contributed by atoms with Crippen LogP contribution in [0.3, 0.4) is 0 Å². The van der Waals surface area contributed by atoms with Crippen LogP contribution in [-0.2, 0) is 9.53 Å². The number of halogens is 1. The summed E-state index contributed by atoms with van der Waals surface area (Å²) in [6.45, 7) is 2.37. The molecule has 2 nitrogen and oxygen atoms in total. The molecule has 0 rings (SSSR count). The standard InChI is InChI=1S/C17H33BrO2/c1-2-20-17(19)15-13-11-9-7-5-3-4-6-8-10-12-14-16-18/h2-16H2,1H3. The van der Waals surface area contributed by atoms with Gasteiger partial charge in [-0.05, 0) is 19.8 Å². The van der Waals surface area contributed by atoms with Crippen molar-refractivity contribution in [2.24, 2.45) is 0 Å². The fraction of sp³-hybridized carbons (Fsp3) is 0.941. The minimum Gasteiger partial charge on any atom is -0.466 e. The van der Waals surface area contributed by atoms with E-state index in [0.29, 0.717) is 13.0 Å². The van der Waals surface area contributed by atoms with Crippen molar-refractivity contribution in [3.05, 3.63) is 0 Å². The number of rotatable bonds is 15. The Balaban J connectivity index is 3.01. The van der Waals surface area contributed by atoms with Gasteiger partial charge in [0.1, 0.15) is 0 Å². The molecule has 0 unspecified atom stereocenters. The molecule has 0 fully saturated rings. The molecule has 0 aliphatic rings. The summed E-state index contributed by atoms with van der Waals surface area (Å²) in [5, 5.41) is 1.16.